The van der Waals surface area contributed by atoms with Crippen LogP contribution >= 0.6 is 0 Å². The Morgan fingerprint density at radius 2 is 1.81 bits per heavy atom. The summed E-state index contributed by atoms with van der Waals surface area (Å²) in [6, 6.07) is 10.7. The van der Waals surface area contributed by atoms with Gasteiger partial charge in [-0.15, -0.1) is 0 Å². The van der Waals surface area contributed by atoms with Gasteiger partial charge in [-0.3, -0.25) is 9.78 Å². The van der Waals surface area contributed by atoms with E-state index >= 15 is 0 Å². The molecule has 5 rings (SSSR count). The van der Waals surface area contributed by atoms with E-state index in [2.05, 4.69) is 40.2 Å². The number of carbonyl (C=O) groups excluding carboxylic acids is 1. The zero-order valence-electron chi connectivity index (χ0n) is 15.5. The van der Waals surface area contributed by atoms with Gasteiger partial charge in [0.2, 0.25) is 5.91 Å². The van der Waals surface area contributed by atoms with E-state index in [4.69, 9.17) is 0 Å². The second-order valence-electron chi connectivity index (χ2n) is 8.70. The lowest BCUT2D eigenvalue weighted by molar-refractivity contribution is -0.134. The Kier molecular flexibility index (Phi) is 3.99. The smallest absolute Gasteiger partial charge is 0.226 e. The third-order valence-electron chi connectivity index (χ3n) is 7.26. The number of hydrogen-bond acceptors (Lipinski definition) is 2. The number of hydrogen-bond donors (Lipinski definition) is 0. The molecule has 2 aliphatic carbocycles. The predicted molar refractivity (Wildman–Crippen MR) is 104 cm³/mol. The number of likely N-dealkylation sites (tertiary alicyclic amines) is 1. The highest BCUT2D eigenvalue weighted by Gasteiger charge is 2.59. The minimum Gasteiger partial charge on any atom is -0.342 e. The molecule has 1 atom stereocenters. The number of piperidine rings is 1. The Hall–Kier alpha value is -1.90. The van der Waals surface area contributed by atoms with Gasteiger partial charge in [0.25, 0.3) is 0 Å². The van der Waals surface area contributed by atoms with Crippen molar-refractivity contribution in [2.45, 2.75) is 57.3 Å². The summed E-state index contributed by atoms with van der Waals surface area (Å²) in [6.45, 7) is 1.99. The van der Waals surface area contributed by atoms with E-state index in [-0.39, 0.29) is 0 Å². The zero-order chi connectivity index (χ0) is 17.6. The first-order valence-electron chi connectivity index (χ1n) is 10.4. The zero-order valence-corrected chi connectivity index (χ0v) is 15.5. The van der Waals surface area contributed by atoms with Gasteiger partial charge in [-0.1, -0.05) is 18.2 Å². The Bertz CT molecular complexity index is 811. The molecule has 1 aromatic heterocycles. The molecule has 26 heavy (non-hydrogen) atoms. The van der Waals surface area contributed by atoms with Gasteiger partial charge in [-0.05, 0) is 80.4 Å². The van der Waals surface area contributed by atoms with Crippen molar-refractivity contribution in [2.75, 3.05) is 13.1 Å². The van der Waals surface area contributed by atoms with Crippen LogP contribution in [-0.4, -0.2) is 28.9 Å². The molecule has 3 aliphatic rings. The maximum atomic E-state index is 12.9. The number of carbonyl (C=O) groups is 1. The summed E-state index contributed by atoms with van der Waals surface area (Å²) in [6.07, 6.45) is 11.7. The van der Waals surface area contributed by atoms with Crippen LogP contribution in [0.15, 0.2) is 36.5 Å². The first-order valence-corrected chi connectivity index (χ1v) is 10.4. The van der Waals surface area contributed by atoms with Crippen LogP contribution in [0.2, 0.25) is 0 Å². The number of benzene rings is 1. The first-order chi connectivity index (χ1) is 12.8. The monoisotopic (exact) mass is 348 g/mol. The lowest BCUT2D eigenvalue weighted by Crippen LogP contribution is -2.38. The topological polar surface area (TPSA) is 33.2 Å². The number of fused-ring (bicyclic) bond motifs is 1. The Labute approximate surface area is 155 Å². The van der Waals surface area contributed by atoms with E-state index in [1.165, 1.54) is 55.9 Å². The van der Waals surface area contributed by atoms with E-state index in [1.54, 1.807) is 0 Å². The fourth-order valence-corrected chi connectivity index (χ4v) is 5.56. The molecule has 1 saturated heterocycles. The molecule has 1 aromatic carbocycles. The molecule has 2 heterocycles. The minimum atomic E-state index is 0.329. The molecule has 136 valence electrons. The normalized spacial score (nSPS) is 31.3. The number of pyridine rings is 1. The molecule has 1 aliphatic heterocycles. The van der Waals surface area contributed by atoms with Gasteiger partial charge in [-0.2, -0.15) is 0 Å². The third-order valence-corrected chi connectivity index (χ3v) is 7.26. The summed E-state index contributed by atoms with van der Waals surface area (Å²) in [5.74, 6) is 1.42. The highest BCUT2D eigenvalue weighted by molar-refractivity contribution is 5.83. The quantitative estimate of drug-likeness (QED) is 0.772. The third kappa shape index (κ3) is 2.72. The largest absolute Gasteiger partial charge is 0.342 e. The predicted octanol–water partition coefficient (Wildman–Crippen LogP) is 4.91. The van der Waals surface area contributed by atoms with Crippen molar-refractivity contribution in [3.63, 3.8) is 0 Å². The highest BCUT2D eigenvalue weighted by atomic mass is 16.2. The van der Waals surface area contributed by atoms with E-state index in [1.807, 2.05) is 6.20 Å². The van der Waals surface area contributed by atoms with Crippen molar-refractivity contribution in [3.8, 4) is 0 Å². The fourth-order valence-electron chi connectivity index (χ4n) is 5.56. The van der Waals surface area contributed by atoms with Gasteiger partial charge in [0.05, 0.1) is 5.52 Å². The van der Waals surface area contributed by atoms with Crippen molar-refractivity contribution >= 4 is 16.8 Å². The fraction of sp³-hybridized carbons (Fsp3) is 0.565. The summed E-state index contributed by atoms with van der Waals surface area (Å²) < 4.78 is 0. The Balaban J connectivity index is 1.27. The maximum absolute atomic E-state index is 12.9. The first kappa shape index (κ1) is 16.3. The van der Waals surface area contributed by atoms with Crippen LogP contribution in [0.25, 0.3) is 10.9 Å². The van der Waals surface area contributed by atoms with E-state index in [0.29, 0.717) is 23.2 Å². The minimum absolute atomic E-state index is 0.329. The molecule has 0 N–H and O–H groups in total. The Morgan fingerprint density at radius 3 is 2.62 bits per heavy atom. The second kappa shape index (κ2) is 6.37. The molecule has 1 amide bonds. The van der Waals surface area contributed by atoms with Crippen molar-refractivity contribution in [1.29, 1.82) is 0 Å². The Morgan fingerprint density at radius 1 is 1.04 bits per heavy atom. The summed E-state index contributed by atoms with van der Waals surface area (Å²) in [5.41, 5.74) is 2.91. The lowest BCUT2D eigenvalue weighted by atomic mass is 9.75. The molecule has 3 heteroatoms. The number of aromatic nitrogens is 1. The number of para-hydroxylation sites is 1. The van der Waals surface area contributed by atoms with Crippen molar-refractivity contribution in [1.82, 2.24) is 9.88 Å². The van der Waals surface area contributed by atoms with Gasteiger partial charge >= 0.3 is 0 Å². The number of rotatable bonds is 2. The lowest BCUT2D eigenvalue weighted by Gasteiger charge is -2.32. The van der Waals surface area contributed by atoms with Crippen LogP contribution in [0.5, 0.6) is 0 Å². The number of amides is 1. The molecule has 0 unspecified atom stereocenters. The maximum Gasteiger partial charge on any atom is 0.226 e. The molecule has 3 nitrogen and oxygen atoms in total. The van der Waals surface area contributed by atoms with Crippen LogP contribution in [0.4, 0.5) is 0 Å². The summed E-state index contributed by atoms with van der Waals surface area (Å²) in [4.78, 5) is 19.6. The van der Waals surface area contributed by atoms with E-state index < -0.39 is 0 Å². The van der Waals surface area contributed by atoms with Crippen LogP contribution in [0.3, 0.4) is 0 Å². The summed E-state index contributed by atoms with van der Waals surface area (Å²) in [5, 5.41) is 1.31. The van der Waals surface area contributed by atoms with E-state index in [0.717, 1.165) is 25.0 Å². The van der Waals surface area contributed by atoms with Crippen molar-refractivity contribution in [3.05, 3.63) is 42.1 Å². The van der Waals surface area contributed by atoms with Crippen LogP contribution < -0.4 is 0 Å². The molecule has 3 fully saturated rings. The van der Waals surface area contributed by atoms with Crippen LogP contribution in [-0.2, 0) is 4.79 Å². The average molecular weight is 348 g/mol. The van der Waals surface area contributed by atoms with Gasteiger partial charge < -0.3 is 4.90 Å². The van der Waals surface area contributed by atoms with Crippen molar-refractivity contribution < 1.29 is 4.79 Å². The summed E-state index contributed by atoms with van der Waals surface area (Å²) >= 11 is 0. The number of nitrogens with zero attached hydrogens (tertiary/aromatic N) is 2. The van der Waals surface area contributed by atoms with Crippen LogP contribution in [0.1, 0.15) is 62.8 Å². The molecule has 2 aromatic rings. The van der Waals surface area contributed by atoms with Crippen molar-refractivity contribution in [2.24, 2.45) is 11.3 Å². The average Bonchev–Trinajstić information content (AvgIpc) is 3.41. The van der Waals surface area contributed by atoms with Gasteiger partial charge in [-0.25, -0.2) is 0 Å². The van der Waals surface area contributed by atoms with Gasteiger partial charge in [0.15, 0.2) is 0 Å². The second-order valence-corrected chi connectivity index (χ2v) is 8.70. The van der Waals surface area contributed by atoms with Gasteiger partial charge in [0, 0.05) is 30.6 Å². The molecule has 1 spiro atoms. The summed E-state index contributed by atoms with van der Waals surface area (Å²) in [7, 11) is 0. The van der Waals surface area contributed by atoms with Crippen LogP contribution in [0, 0.1) is 11.3 Å². The molecule has 0 radical (unpaired) electrons. The van der Waals surface area contributed by atoms with E-state index in [9.17, 15) is 4.79 Å². The highest BCUT2D eigenvalue weighted by Crippen LogP contribution is 2.63. The molecular weight excluding hydrogens is 320 g/mol. The molecular formula is C23H28N2O. The SMILES string of the molecule is O=C([C@H]1CC12CCC(c1ccnc3ccccc13)CC2)N1CCCCC1. The molecule has 0 bridgehead atoms. The van der Waals surface area contributed by atoms with Gasteiger partial charge in [0.1, 0.15) is 0 Å². The standard InChI is InChI=1S/C23H28N2O/c26-22(25-14-4-1-5-15-25)20-16-23(20)11-8-17(9-12-23)18-10-13-24-21-7-3-2-6-19(18)21/h2-3,6-7,10,13,17,20H,1,4-5,8-9,11-12,14-16H2/t17?,20-,23?/m1/s1. The molecule has 2 saturated carbocycles.